The minimum Gasteiger partial charge on any atom is -0.492 e. The van der Waals surface area contributed by atoms with Crippen molar-refractivity contribution >= 4 is 40.1 Å². The minimum absolute atomic E-state index is 0.0661. The normalized spacial score (nSPS) is 18.5. The molecule has 5 nitrogen and oxygen atoms in total. The van der Waals surface area contributed by atoms with E-state index in [1.165, 1.54) is 24.2 Å². The summed E-state index contributed by atoms with van der Waals surface area (Å²) >= 11 is 1.46. The maximum absolute atomic E-state index is 9.93. The molecule has 0 aromatic carbocycles. The fraction of sp³-hybridized carbons (Fsp3) is 0.214. The van der Waals surface area contributed by atoms with Crippen molar-refractivity contribution in [1.82, 2.24) is 9.97 Å². The second-order valence-electron chi connectivity index (χ2n) is 4.86. The van der Waals surface area contributed by atoms with Crippen LogP contribution in [0.3, 0.4) is 0 Å². The molecule has 1 aliphatic heterocycles. The van der Waals surface area contributed by atoms with E-state index in [2.05, 4.69) is 20.3 Å². The van der Waals surface area contributed by atoms with Crippen LogP contribution in [0.5, 0.6) is 5.88 Å². The standard InChI is InChI=1S/C14H12N4OS/c19-13-11(20-14(18-13)17-9-3-4-9)6-8-7-16-12-10(8)2-1-5-15-12/h1-2,5-7,9,19H,3-4H2,(H,17,18)/b8-6-. The first kappa shape index (κ1) is 11.6. The van der Waals surface area contributed by atoms with Gasteiger partial charge in [0.15, 0.2) is 10.9 Å². The molecule has 0 saturated heterocycles. The van der Waals surface area contributed by atoms with Gasteiger partial charge in [0, 0.05) is 29.6 Å². The van der Waals surface area contributed by atoms with Crippen molar-refractivity contribution in [3.8, 4) is 5.88 Å². The topological polar surface area (TPSA) is 70.4 Å². The summed E-state index contributed by atoms with van der Waals surface area (Å²) < 4.78 is 0. The van der Waals surface area contributed by atoms with E-state index in [0.29, 0.717) is 6.04 Å². The van der Waals surface area contributed by atoms with E-state index in [4.69, 9.17) is 0 Å². The molecule has 2 aliphatic rings. The van der Waals surface area contributed by atoms with Crippen LogP contribution in [0.4, 0.5) is 10.9 Å². The van der Waals surface area contributed by atoms with Gasteiger partial charge in [-0.25, -0.2) is 9.98 Å². The number of nitrogens with one attached hydrogen (secondary N) is 1. The molecule has 1 saturated carbocycles. The summed E-state index contributed by atoms with van der Waals surface area (Å²) in [5, 5.41) is 14.0. The Morgan fingerprint density at radius 1 is 1.40 bits per heavy atom. The average Bonchev–Trinajstić information content (AvgIpc) is 3.07. The molecule has 0 atom stereocenters. The molecule has 2 aromatic rings. The maximum atomic E-state index is 9.93. The monoisotopic (exact) mass is 284 g/mol. The number of thiazole rings is 1. The van der Waals surface area contributed by atoms with Gasteiger partial charge in [0.25, 0.3) is 0 Å². The van der Waals surface area contributed by atoms with Crippen molar-refractivity contribution in [3.63, 3.8) is 0 Å². The summed E-state index contributed by atoms with van der Waals surface area (Å²) in [5.41, 5.74) is 1.93. The number of allylic oxidation sites excluding steroid dienone is 1. The number of aromatic nitrogens is 2. The summed E-state index contributed by atoms with van der Waals surface area (Å²) in [4.78, 5) is 13.3. The Kier molecular flexibility index (Phi) is 2.56. The predicted molar refractivity (Wildman–Crippen MR) is 80.7 cm³/mol. The van der Waals surface area contributed by atoms with Gasteiger partial charge in [-0.2, -0.15) is 4.98 Å². The fourth-order valence-electron chi connectivity index (χ4n) is 2.06. The zero-order valence-electron chi connectivity index (χ0n) is 10.6. The van der Waals surface area contributed by atoms with E-state index >= 15 is 0 Å². The van der Waals surface area contributed by atoms with Gasteiger partial charge in [-0.15, -0.1) is 0 Å². The maximum Gasteiger partial charge on any atom is 0.231 e. The third kappa shape index (κ3) is 2.08. The van der Waals surface area contributed by atoms with Crippen molar-refractivity contribution in [2.45, 2.75) is 18.9 Å². The molecule has 2 aromatic heterocycles. The Labute approximate surface area is 119 Å². The van der Waals surface area contributed by atoms with Gasteiger partial charge in [-0.3, -0.25) is 0 Å². The number of fused-ring (bicyclic) bond motifs is 1. The highest BCUT2D eigenvalue weighted by molar-refractivity contribution is 7.16. The molecule has 1 fully saturated rings. The molecular weight excluding hydrogens is 272 g/mol. The number of hydrogen-bond acceptors (Lipinski definition) is 6. The quantitative estimate of drug-likeness (QED) is 0.908. The highest BCUT2D eigenvalue weighted by Gasteiger charge is 2.23. The molecule has 0 bridgehead atoms. The molecule has 2 N–H and O–H groups in total. The zero-order valence-corrected chi connectivity index (χ0v) is 11.4. The number of rotatable bonds is 3. The van der Waals surface area contributed by atoms with E-state index in [1.807, 2.05) is 18.2 Å². The summed E-state index contributed by atoms with van der Waals surface area (Å²) in [6.45, 7) is 0. The van der Waals surface area contributed by atoms with Crippen molar-refractivity contribution < 1.29 is 5.11 Å². The van der Waals surface area contributed by atoms with Crippen molar-refractivity contribution in [3.05, 3.63) is 28.8 Å². The van der Waals surface area contributed by atoms with Crippen molar-refractivity contribution in [1.29, 1.82) is 0 Å². The largest absolute Gasteiger partial charge is 0.492 e. The Morgan fingerprint density at radius 2 is 2.30 bits per heavy atom. The number of aromatic hydroxyl groups is 1. The van der Waals surface area contributed by atoms with Gasteiger partial charge in [0.1, 0.15) is 0 Å². The van der Waals surface area contributed by atoms with Crippen LogP contribution in [0.1, 0.15) is 23.3 Å². The molecular formula is C14H12N4OS. The third-order valence-corrected chi connectivity index (χ3v) is 4.17. The smallest absolute Gasteiger partial charge is 0.231 e. The highest BCUT2D eigenvalue weighted by Crippen LogP contribution is 2.36. The van der Waals surface area contributed by atoms with E-state index < -0.39 is 0 Å². The second-order valence-corrected chi connectivity index (χ2v) is 5.89. The van der Waals surface area contributed by atoms with Gasteiger partial charge in [-0.05, 0) is 31.1 Å². The van der Waals surface area contributed by atoms with Gasteiger partial charge in [-0.1, -0.05) is 11.3 Å². The number of anilines is 1. The SMILES string of the molecule is Oc1nc(NC2CC2)sc1/C=C1/C=Nc2ncccc21. The van der Waals surface area contributed by atoms with Crippen LogP contribution in [0.25, 0.3) is 11.6 Å². The average molecular weight is 284 g/mol. The molecule has 3 heterocycles. The summed E-state index contributed by atoms with van der Waals surface area (Å²) in [6.07, 6.45) is 7.76. The molecule has 100 valence electrons. The fourth-order valence-corrected chi connectivity index (χ4v) is 2.95. The minimum atomic E-state index is 0.0661. The molecule has 0 amide bonds. The lowest BCUT2D eigenvalue weighted by Crippen LogP contribution is -1.99. The van der Waals surface area contributed by atoms with Crippen LogP contribution in [-0.2, 0) is 0 Å². The molecule has 0 unspecified atom stereocenters. The zero-order chi connectivity index (χ0) is 13.5. The lowest BCUT2D eigenvalue weighted by atomic mass is 10.1. The molecule has 1 aliphatic carbocycles. The first-order valence-electron chi connectivity index (χ1n) is 6.47. The molecule has 0 radical (unpaired) electrons. The van der Waals surface area contributed by atoms with Crippen LogP contribution in [0.15, 0.2) is 23.3 Å². The molecule has 6 heteroatoms. The van der Waals surface area contributed by atoms with E-state index in [1.54, 1.807) is 12.4 Å². The van der Waals surface area contributed by atoms with Crippen LogP contribution in [-0.4, -0.2) is 27.3 Å². The number of nitrogens with zero attached hydrogens (tertiary/aromatic N) is 3. The molecule has 4 rings (SSSR count). The number of hydrogen-bond donors (Lipinski definition) is 2. The number of aliphatic imine (C=N–C) groups is 1. The van der Waals surface area contributed by atoms with Gasteiger partial charge in [0.2, 0.25) is 5.88 Å². The van der Waals surface area contributed by atoms with Gasteiger partial charge < -0.3 is 10.4 Å². The van der Waals surface area contributed by atoms with Gasteiger partial charge >= 0.3 is 0 Å². The Bertz CT molecular complexity index is 731. The first-order valence-corrected chi connectivity index (χ1v) is 7.29. The van der Waals surface area contributed by atoms with Crippen LogP contribution < -0.4 is 5.32 Å². The van der Waals surface area contributed by atoms with Crippen LogP contribution >= 0.6 is 11.3 Å². The number of pyridine rings is 1. The summed E-state index contributed by atoms with van der Waals surface area (Å²) in [6, 6.07) is 4.38. The summed E-state index contributed by atoms with van der Waals surface area (Å²) in [5.74, 6) is 0.787. The molecule has 0 spiro atoms. The summed E-state index contributed by atoms with van der Waals surface area (Å²) in [7, 11) is 0. The Hall–Kier alpha value is -2.21. The first-order chi connectivity index (χ1) is 9.79. The Morgan fingerprint density at radius 3 is 3.15 bits per heavy atom. The molecule has 20 heavy (non-hydrogen) atoms. The second kappa shape index (κ2) is 4.42. The Balaban J connectivity index is 1.67. The lowest BCUT2D eigenvalue weighted by molar-refractivity contribution is 0.456. The van der Waals surface area contributed by atoms with Gasteiger partial charge in [0.05, 0.1) is 4.88 Å². The third-order valence-electron chi connectivity index (χ3n) is 3.25. The highest BCUT2D eigenvalue weighted by atomic mass is 32.1. The van der Waals surface area contributed by atoms with Crippen LogP contribution in [0.2, 0.25) is 0 Å². The lowest BCUT2D eigenvalue weighted by Gasteiger charge is -1.97. The predicted octanol–water partition coefficient (Wildman–Crippen LogP) is 3.07. The van der Waals surface area contributed by atoms with Crippen LogP contribution in [0, 0.1) is 0 Å². The van der Waals surface area contributed by atoms with Crippen molar-refractivity contribution in [2.24, 2.45) is 4.99 Å². The van der Waals surface area contributed by atoms with E-state index in [0.717, 1.165) is 27.0 Å². The van der Waals surface area contributed by atoms with E-state index in [9.17, 15) is 5.11 Å². The van der Waals surface area contributed by atoms with Crippen molar-refractivity contribution in [2.75, 3.05) is 5.32 Å². The van der Waals surface area contributed by atoms with E-state index in [-0.39, 0.29) is 5.88 Å².